The summed E-state index contributed by atoms with van der Waals surface area (Å²) >= 11 is 0. The van der Waals surface area contributed by atoms with Gasteiger partial charge in [0.1, 0.15) is 0 Å². The van der Waals surface area contributed by atoms with Gasteiger partial charge in [0.15, 0.2) is 0 Å². The number of rotatable bonds is 4. The molecule has 0 aromatic heterocycles. The average molecular weight is 387 g/mol. The minimum atomic E-state index is -3.49. The van der Waals surface area contributed by atoms with Crippen LogP contribution in [-0.4, -0.2) is 37.8 Å². The molecular weight excluding hydrogens is 360 g/mol. The fourth-order valence-corrected chi connectivity index (χ4v) is 4.87. The second kappa shape index (κ2) is 7.82. The summed E-state index contributed by atoms with van der Waals surface area (Å²) in [7, 11) is -3.49. The quantitative estimate of drug-likeness (QED) is 0.877. The van der Waals surface area contributed by atoms with E-state index in [1.54, 1.807) is 18.2 Å². The summed E-state index contributed by atoms with van der Waals surface area (Å²) in [5.41, 5.74) is 3.72. The van der Waals surface area contributed by atoms with Crippen molar-refractivity contribution in [3.05, 3.63) is 64.7 Å². The minimum Gasteiger partial charge on any atom is -0.349 e. The summed E-state index contributed by atoms with van der Waals surface area (Å²) in [6.07, 6.45) is 1.23. The smallest absolute Gasteiger partial charge is 0.251 e. The zero-order valence-electron chi connectivity index (χ0n) is 16.0. The molecule has 5 nitrogen and oxygen atoms in total. The molecule has 3 rings (SSSR count). The van der Waals surface area contributed by atoms with Crippen LogP contribution >= 0.6 is 0 Å². The van der Waals surface area contributed by atoms with Crippen LogP contribution in [0.3, 0.4) is 0 Å². The Morgan fingerprint density at radius 3 is 2.33 bits per heavy atom. The number of aryl methyl sites for hydroxylation is 3. The Morgan fingerprint density at radius 2 is 1.70 bits per heavy atom. The number of carbonyl (C=O) groups excluding carboxylic acids is 1. The van der Waals surface area contributed by atoms with Crippen LogP contribution in [-0.2, 0) is 10.0 Å². The van der Waals surface area contributed by atoms with Crippen molar-refractivity contribution >= 4 is 15.9 Å². The summed E-state index contributed by atoms with van der Waals surface area (Å²) in [5.74, 6) is -0.103. The lowest BCUT2D eigenvalue weighted by atomic mass is 10.1. The molecule has 0 saturated carbocycles. The number of hydrogen-bond donors (Lipinski definition) is 1. The third-order valence-electron chi connectivity index (χ3n) is 5.19. The number of benzene rings is 2. The van der Waals surface area contributed by atoms with Crippen molar-refractivity contribution in [3.63, 3.8) is 0 Å². The topological polar surface area (TPSA) is 66.5 Å². The molecule has 2 aromatic carbocycles. The molecule has 1 heterocycles. The van der Waals surface area contributed by atoms with Crippen molar-refractivity contribution in [2.45, 2.75) is 44.6 Å². The van der Waals surface area contributed by atoms with E-state index in [1.807, 2.05) is 45.0 Å². The van der Waals surface area contributed by atoms with E-state index >= 15 is 0 Å². The van der Waals surface area contributed by atoms with E-state index in [1.165, 1.54) is 4.31 Å². The maximum absolute atomic E-state index is 12.9. The summed E-state index contributed by atoms with van der Waals surface area (Å²) < 4.78 is 27.3. The van der Waals surface area contributed by atoms with Gasteiger partial charge < -0.3 is 5.32 Å². The lowest BCUT2D eigenvalue weighted by Gasteiger charge is -2.31. The molecule has 1 N–H and O–H groups in total. The van der Waals surface area contributed by atoms with Gasteiger partial charge in [-0.15, -0.1) is 0 Å². The van der Waals surface area contributed by atoms with Crippen molar-refractivity contribution in [3.8, 4) is 0 Å². The number of nitrogens with one attached hydrogen (secondary N) is 1. The first-order chi connectivity index (χ1) is 12.8. The second-order valence-electron chi connectivity index (χ2n) is 7.27. The Kier molecular flexibility index (Phi) is 5.67. The number of piperidine rings is 1. The van der Waals surface area contributed by atoms with E-state index in [9.17, 15) is 13.2 Å². The zero-order chi connectivity index (χ0) is 19.6. The summed E-state index contributed by atoms with van der Waals surface area (Å²) in [4.78, 5) is 12.7. The Hall–Kier alpha value is -2.18. The molecular formula is C21H26N2O3S. The Bertz CT molecular complexity index is 946. The maximum Gasteiger partial charge on any atom is 0.251 e. The number of amides is 1. The van der Waals surface area contributed by atoms with Crippen LogP contribution < -0.4 is 5.32 Å². The minimum absolute atomic E-state index is 0.00999. The molecule has 1 aliphatic rings. The van der Waals surface area contributed by atoms with Gasteiger partial charge in [0.2, 0.25) is 10.0 Å². The highest BCUT2D eigenvalue weighted by Gasteiger charge is 2.30. The molecule has 0 atom stereocenters. The first-order valence-corrected chi connectivity index (χ1v) is 10.7. The van der Waals surface area contributed by atoms with Crippen LogP contribution in [0.1, 0.15) is 39.9 Å². The largest absolute Gasteiger partial charge is 0.349 e. The van der Waals surface area contributed by atoms with Crippen molar-refractivity contribution in [2.24, 2.45) is 0 Å². The first-order valence-electron chi connectivity index (χ1n) is 9.22. The fraction of sp³-hybridized carbons (Fsp3) is 0.381. The Morgan fingerprint density at radius 1 is 1.00 bits per heavy atom. The van der Waals surface area contributed by atoms with Crippen molar-refractivity contribution in [1.82, 2.24) is 9.62 Å². The van der Waals surface area contributed by atoms with Crippen LogP contribution in [0.15, 0.2) is 47.4 Å². The van der Waals surface area contributed by atoms with Crippen LogP contribution in [0.2, 0.25) is 0 Å². The van der Waals surface area contributed by atoms with E-state index < -0.39 is 10.0 Å². The predicted molar refractivity (Wildman–Crippen MR) is 106 cm³/mol. The zero-order valence-corrected chi connectivity index (χ0v) is 16.8. The fourth-order valence-electron chi connectivity index (χ4n) is 3.32. The highest BCUT2D eigenvalue weighted by Crippen LogP contribution is 2.23. The first kappa shape index (κ1) is 19.6. The van der Waals surface area contributed by atoms with Crippen LogP contribution in [0.4, 0.5) is 0 Å². The molecule has 6 heteroatoms. The lowest BCUT2D eigenvalue weighted by molar-refractivity contribution is 0.0923. The van der Waals surface area contributed by atoms with Gasteiger partial charge in [0, 0.05) is 24.7 Å². The average Bonchev–Trinajstić information content (AvgIpc) is 2.64. The molecule has 1 saturated heterocycles. The van der Waals surface area contributed by atoms with Gasteiger partial charge in [-0.2, -0.15) is 4.31 Å². The number of hydrogen-bond acceptors (Lipinski definition) is 3. The SMILES string of the molecule is Cc1cccc(C(=O)NC2CCN(S(=O)(=O)c3ccc(C)c(C)c3)CC2)c1. The standard InChI is InChI=1S/C21H26N2O3S/c1-15-5-4-6-18(13-15)21(24)22-19-9-11-23(12-10-19)27(25,26)20-8-7-16(2)17(3)14-20/h4-8,13-14,19H,9-12H2,1-3H3,(H,22,24). The van der Waals surface area contributed by atoms with Crippen molar-refractivity contribution in [2.75, 3.05) is 13.1 Å². The maximum atomic E-state index is 12.9. The van der Waals surface area contributed by atoms with Crippen LogP contribution in [0.25, 0.3) is 0 Å². The van der Waals surface area contributed by atoms with Gasteiger partial charge in [-0.25, -0.2) is 8.42 Å². The van der Waals surface area contributed by atoms with Crippen LogP contribution in [0.5, 0.6) is 0 Å². The van der Waals surface area contributed by atoms with E-state index in [2.05, 4.69) is 5.32 Å². The van der Waals surface area contributed by atoms with Crippen molar-refractivity contribution < 1.29 is 13.2 Å². The Balaban J connectivity index is 1.62. The van der Waals surface area contributed by atoms with E-state index in [0.717, 1.165) is 16.7 Å². The molecule has 0 radical (unpaired) electrons. The molecule has 27 heavy (non-hydrogen) atoms. The van der Waals surface area contributed by atoms with Gasteiger partial charge in [-0.3, -0.25) is 4.79 Å². The normalized spacial score (nSPS) is 16.3. The molecule has 0 spiro atoms. The third kappa shape index (κ3) is 4.39. The highest BCUT2D eigenvalue weighted by molar-refractivity contribution is 7.89. The van der Waals surface area contributed by atoms with Crippen LogP contribution in [0, 0.1) is 20.8 Å². The van der Waals surface area contributed by atoms with Gasteiger partial charge >= 0.3 is 0 Å². The molecule has 1 amide bonds. The Labute approximate surface area is 161 Å². The molecule has 2 aromatic rings. The van der Waals surface area contributed by atoms with Gasteiger partial charge in [-0.05, 0) is 69.0 Å². The lowest BCUT2D eigenvalue weighted by Crippen LogP contribution is -2.46. The van der Waals surface area contributed by atoms with Gasteiger partial charge in [0.05, 0.1) is 4.90 Å². The summed E-state index contributed by atoms with van der Waals surface area (Å²) in [6.45, 7) is 6.66. The van der Waals surface area contributed by atoms with Gasteiger partial charge in [0.25, 0.3) is 5.91 Å². The molecule has 1 fully saturated rings. The molecule has 144 valence electrons. The highest BCUT2D eigenvalue weighted by atomic mass is 32.2. The molecule has 0 bridgehead atoms. The summed E-state index contributed by atoms with van der Waals surface area (Å²) in [5, 5.41) is 3.03. The molecule has 0 unspecified atom stereocenters. The predicted octanol–water partition coefficient (Wildman–Crippen LogP) is 3.19. The number of nitrogens with zero attached hydrogens (tertiary/aromatic N) is 1. The number of carbonyl (C=O) groups is 1. The third-order valence-corrected chi connectivity index (χ3v) is 7.08. The van der Waals surface area contributed by atoms with E-state index in [-0.39, 0.29) is 11.9 Å². The van der Waals surface area contributed by atoms with E-state index in [0.29, 0.717) is 36.4 Å². The van der Waals surface area contributed by atoms with Crippen molar-refractivity contribution in [1.29, 1.82) is 0 Å². The van der Waals surface area contributed by atoms with Gasteiger partial charge in [-0.1, -0.05) is 23.8 Å². The monoisotopic (exact) mass is 386 g/mol. The van der Waals surface area contributed by atoms with E-state index in [4.69, 9.17) is 0 Å². The molecule has 0 aliphatic carbocycles. The number of sulfonamides is 1. The molecule has 1 aliphatic heterocycles. The second-order valence-corrected chi connectivity index (χ2v) is 9.21. The summed E-state index contributed by atoms with van der Waals surface area (Å²) in [6, 6.07) is 12.7.